The summed E-state index contributed by atoms with van der Waals surface area (Å²) in [6, 6.07) is 12.5. The number of hydrogen-bond acceptors (Lipinski definition) is 3. The minimum atomic E-state index is -0.459. The van der Waals surface area contributed by atoms with E-state index < -0.39 is 5.82 Å². The zero-order chi connectivity index (χ0) is 15.2. The van der Waals surface area contributed by atoms with Crippen molar-refractivity contribution < 1.29 is 13.9 Å². The summed E-state index contributed by atoms with van der Waals surface area (Å²) in [6.07, 6.45) is 0.0699. The predicted octanol–water partition coefficient (Wildman–Crippen LogP) is 4.50. The van der Waals surface area contributed by atoms with Gasteiger partial charge in [-0.2, -0.15) is 0 Å². The number of ketones is 1. The Morgan fingerprint density at radius 2 is 2.00 bits per heavy atom. The van der Waals surface area contributed by atoms with Gasteiger partial charge in [-0.15, -0.1) is 11.8 Å². The second kappa shape index (κ2) is 7.61. The van der Waals surface area contributed by atoms with E-state index in [1.54, 1.807) is 18.2 Å². The second-order valence-electron chi connectivity index (χ2n) is 4.37. The number of carbonyl (C=O) groups excluding carboxylic acids is 1. The van der Waals surface area contributed by atoms with Crippen molar-refractivity contribution in [2.45, 2.75) is 11.3 Å². The highest BCUT2D eigenvalue weighted by molar-refractivity contribution is 9.10. The fourth-order valence-corrected chi connectivity index (χ4v) is 3.26. The van der Waals surface area contributed by atoms with E-state index in [4.69, 9.17) is 4.74 Å². The Balaban J connectivity index is 1.98. The van der Waals surface area contributed by atoms with E-state index in [0.29, 0.717) is 11.3 Å². The average Bonchev–Trinajstić information content (AvgIpc) is 2.48. The molecule has 5 heteroatoms. The van der Waals surface area contributed by atoms with Gasteiger partial charge in [0.15, 0.2) is 11.6 Å². The van der Waals surface area contributed by atoms with Crippen LogP contribution in [0, 0.1) is 5.82 Å². The molecule has 21 heavy (non-hydrogen) atoms. The zero-order valence-electron chi connectivity index (χ0n) is 11.4. The monoisotopic (exact) mass is 368 g/mol. The summed E-state index contributed by atoms with van der Waals surface area (Å²) in [5.41, 5.74) is 0.368. The Morgan fingerprint density at radius 1 is 1.24 bits per heavy atom. The molecule has 0 bridgehead atoms. The Kier molecular flexibility index (Phi) is 5.82. The fourth-order valence-electron chi connectivity index (χ4n) is 1.83. The molecule has 2 aromatic carbocycles. The Morgan fingerprint density at radius 3 is 2.71 bits per heavy atom. The predicted molar refractivity (Wildman–Crippen MR) is 86.5 cm³/mol. The molecule has 0 saturated carbocycles. The number of methoxy groups -OCH3 is 1. The molecule has 0 spiro atoms. The molecule has 2 aromatic rings. The Labute approximate surface area is 135 Å². The highest BCUT2D eigenvalue weighted by Crippen LogP contribution is 2.27. The number of hydrogen-bond donors (Lipinski definition) is 0. The lowest BCUT2D eigenvalue weighted by atomic mass is 10.1. The van der Waals surface area contributed by atoms with Crippen LogP contribution in [-0.2, 0) is 11.2 Å². The van der Waals surface area contributed by atoms with Crippen LogP contribution in [0.15, 0.2) is 51.8 Å². The van der Waals surface area contributed by atoms with E-state index in [1.807, 2.05) is 24.3 Å². The quantitative estimate of drug-likeness (QED) is 0.702. The molecule has 0 aliphatic heterocycles. The summed E-state index contributed by atoms with van der Waals surface area (Å²) >= 11 is 4.88. The molecule has 2 rings (SSSR count). The molecule has 0 heterocycles. The standard InChI is InChI=1S/C16H14BrFO2S/c1-20-14-7-4-5-11(16(14)18)9-12(19)10-21-15-8-3-2-6-13(15)17/h2-8H,9-10H2,1H3. The summed E-state index contributed by atoms with van der Waals surface area (Å²) in [5.74, 6) is -0.0138. The summed E-state index contributed by atoms with van der Waals surface area (Å²) in [5, 5.41) is 0. The largest absolute Gasteiger partial charge is 0.494 e. The lowest BCUT2D eigenvalue weighted by Gasteiger charge is -2.07. The zero-order valence-corrected chi connectivity index (χ0v) is 13.8. The average molecular weight is 369 g/mol. The van der Waals surface area contributed by atoms with E-state index in [0.717, 1.165) is 9.37 Å². The molecular weight excluding hydrogens is 355 g/mol. The van der Waals surface area contributed by atoms with Crippen LogP contribution in [0.2, 0.25) is 0 Å². The highest BCUT2D eigenvalue weighted by Gasteiger charge is 2.12. The van der Waals surface area contributed by atoms with Crippen LogP contribution in [0.25, 0.3) is 0 Å². The van der Waals surface area contributed by atoms with E-state index in [-0.39, 0.29) is 18.0 Å². The summed E-state index contributed by atoms with van der Waals surface area (Å²) in [7, 11) is 1.41. The van der Waals surface area contributed by atoms with Gasteiger partial charge < -0.3 is 4.74 Å². The maximum absolute atomic E-state index is 14.0. The molecule has 2 nitrogen and oxygen atoms in total. The van der Waals surface area contributed by atoms with Crippen molar-refractivity contribution in [1.82, 2.24) is 0 Å². The van der Waals surface area contributed by atoms with Crippen LogP contribution in [0.5, 0.6) is 5.75 Å². The first-order chi connectivity index (χ1) is 10.1. The number of thioether (sulfide) groups is 1. The molecule has 0 N–H and O–H groups in total. The first-order valence-corrected chi connectivity index (χ1v) is 8.10. The maximum Gasteiger partial charge on any atom is 0.168 e. The van der Waals surface area contributed by atoms with E-state index in [9.17, 15) is 9.18 Å². The van der Waals surface area contributed by atoms with Gasteiger partial charge in [-0.05, 0) is 39.7 Å². The first kappa shape index (κ1) is 16.0. The van der Waals surface area contributed by atoms with Crippen molar-refractivity contribution in [3.63, 3.8) is 0 Å². The van der Waals surface area contributed by atoms with E-state index in [2.05, 4.69) is 15.9 Å². The van der Waals surface area contributed by atoms with Gasteiger partial charge >= 0.3 is 0 Å². The van der Waals surface area contributed by atoms with Gasteiger partial charge in [-0.3, -0.25) is 4.79 Å². The molecule has 0 amide bonds. The number of carbonyl (C=O) groups is 1. The van der Waals surface area contributed by atoms with Crippen LogP contribution in [0.3, 0.4) is 0 Å². The lowest BCUT2D eigenvalue weighted by Crippen LogP contribution is -2.08. The SMILES string of the molecule is COc1cccc(CC(=O)CSc2ccccc2Br)c1F. The summed E-state index contributed by atoms with van der Waals surface area (Å²) < 4.78 is 19.8. The summed E-state index contributed by atoms with van der Waals surface area (Å²) in [4.78, 5) is 13.0. The van der Waals surface area contributed by atoms with Gasteiger partial charge in [-0.1, -0.05) is 24.3 Å². The molecule has 0 atom stereocenters. The third-order valence-electron chi connectivity index (χ3n) is 2.88. The molecule has 0 saturated heterocycles. The minimum absolute atomic E-state index is 0.0251. The number of rotatable bonds is 6. The van der Waals surface area contributed by atoms with Crippen molar-refractivity contribution >= 4 is 33.5 Å². The topological polar surface area (TPSA) is 26.3 Å². The molecule has 0 aliphatic rings. The number of Topliss-reactive ketones (excluding diaryl/α,β-unsaturated/α-hetero) is 1. The van der Waals surface area contributed by atoms with Crippen LogP contribution >= 0.6 is 27.7 Å². The number of ether oxygens (including phenoxy) is 1. The van der Waals surface area contributed by atoms with Gasteiger partial charge in [0, 0.05) is 15.8 Å². The Bertz CT molecular complexity index is 646. The third kappa shape index (κ3) is 4.32. The Hall–Kier alpha value is -1.33. The second-order valence-corrected chi connectivity index (χ2v) is 6.24. The van der Waals surface area contributed by atoms with Crippen molar-refractivity contribution in [3.05, 3.63) is 58.3 Å². The van der Waals surface area contributed by atoms with Crippen LogP contribution in [0.1, 0.15) is 5.56 Å². The first-order valence-electron chi connectivity index (χ1n) is 6.32. The molecular formula is C16H14BrFO2S. The molecule has 0 radical (unpaired) electrons. The number of benzene rings is 2. The van der Waals surface area contributed by atoms with Crippen LogP contribution in [-0.4, -0.2) is 18.6 Å². The molecule has 0 fully saturated rings. The molecule has 0 unspecified atom stereocenters. The molecule has 110 valence electrons. The highest BCUT2D eigenvalue weighted by atomic mass is 79.9. The third-order valence-corrected chi connectivity index (χ3v) is 4.96. The van der Waals surface area contributed by atoms with Gasteiger partial charge in [-0.25, -0.2) is 4.39 Å². The summed E-state index contributed by atoms with van der Waals surface area (Å²) in [6.45, 7) is 0. The van der Waals surface area contributed by atoms with Crippen LogP contribution in [0.4, 0.5) is 4.39 Å². The van der Waals surface area contributed by atoms with Crippen molar-refractivity contribution in [2.24, 2.45) is 0 Å². The van der Waals surface area contributed by atoms with Crippen molar-refractivity contribution in [3.8, 4) is 5.75 Å². The minimum Gasteiger partial charge on any atom is -0.494 e. The lowest BCUT2D eigenvalue weighted by molar-refractivity contribution is -0.116. The van der Waals surface area contributed by atoms with Crippen molar-refractivity contribution in [2.75, 3.05) is 12.9 Å². The number of halogens is 2. The smallest absolute Gasteiger partial charge is 0.168 e. The van der Waals surface area contributed by atoms with Crippen molar-refractivity contribution in [1.29, 1.82) is 0 Å². The molecule has 0 aliphatic carbocycles. The van der Waals surface area contributed by atoms with Gasteiger partial charge in [0.2, 0.25) is 0 Å². The maximum atomic E-state index is 14.0. The van der Waals surface area contributed by atoms with E-state index >= 15 is 0 Å². The molecule has 0 aromatic heterocycles. The fraction of sp³-hybridized carbons (Fsp3) is 0.188. The van der Waals surface area contributed by atoms with Gasteiger partial charge in [0.25, 0.3) is 0 Å². The van der Waals surface area contributed by atoms with E-state index in [1.165, 1.54) is 18.9 Å². The van der Waals surface area contributed by atoms with Gasteiger partial charge in [0.05, 0.1) is 12.9 Å². The van der Waals surface area contributed by atoms with Gasteiger partial charge in [0.1, 0.15) is 5.78 Å². The normalized spacial score (nSPS) is 10.4. The van der Waals surface area contributed by atoms with Crippen LogP contribution < -0.4 is 4.74 Å².